The number of urea groups is 1. The van der Waals surface area contributed by atoms with Crippen LogP contribution in [0.25, 0.3) is 0 Å². The van der Waals surface area contributed by atoms with E-state index in [9.17, 15) is 18.0 Å². The smallest absolute Gasteiger partial charge is 0.338 e. The number of carboxylic acids is 1. The first-order valence-electron chi connectivity index (χ1n) is 5.21. The third kappa shape index (κ3) is 4.87. The number of rotatable bonds is 5. The number of anilines is 1. The van der Waals surface area contributed by atoms with Crippen molar-refractivity contribution in [1.82, 2.24) is 4.90 Å². The molecule has 0 unspecified atom stereocenters. The van der Waals surface area contributed by atoms with Crippen molar-refractivity contribution in [2.45, 2.75) is 0 Å². The van der Waals surface area contributed by atoms with Crippen molar-refractivity contribution in [1.29, 1.82) is 0 Å². The van der Waals surface area contributed by atoms with E-state index in [1.54, 1.807) is 5.38 Å². The van der Waals surface area contributed by atoms with Crippen LogP contribution in [-0.4, -0.2) is 56.0 Å². The summed E-state index contributed by atoms with van der Waals surface area (Å²) >= 11 is 1.09. The van der Waals surface area contributed by atoms with Crippen molar-refractivity contribution < 1.29 is 23.1 Å². The van der Waals surface area contributed by atoms with Crippen molar-refractivity contribution >= 4 is 38.2 Å². The number of hydrogen-bond acceptors (Lipinski definition) is 5. The molecule has 19 heavy (non-hydrogen) atoms. The Labute approximate surface area is 114 Å². The zero-order chi connectivity index (χ0) is 14.6. The van der Waals surface area contributed by atoms with Crippen LogP contribution in [0.3, 0.4) is 0 Å². The summed E-state index contributed by atoms with van der Waals surface area (Å²) in [5.74, 6) is -1.28. The Morgan fingerprint density at radius 3 is 2.63 bits per heavy atom. The second-order valence-electron chi connectivity index (χ2n) is 3.95. The highest BCUT2D eigenvalue weighted by atomic mass is 32.2. The molecule has 7 nitrogen and oxygen atoms in total. The lowest BCUT2D eigenvalue weighted by atomic mass is 10.3. The van der Waals surface area contributed by atoms with Crippen molar-refractivity contribution in [2.24, 2.45) is 0 Å². The van der Waals surface area contributed by atoms with Crippen LogP contribution >= 0.6 is 11.3 Å². The number of sulfone groups is 1. The summed E-state index contributed by atoms with van der Waals surface area (Å²) < 4.78 is 22.0. The molecule has 0 saturated carbocycles. The maximum atomic E-state index is 11.7. The number of aromatic carboxylic acids is 1. The fraction of sp³-hybridized carbons (Fsp3) is 0.400. The molecule has 2 amide bonds. The van der Waals surface area contributed by atoms with E-state index in [4.69, 9.17) is 5.11 Å². The standard InChI is InChI=1S/C10H14N2O5S2/c1-12(4-6-19(2,16)17)10(15)11-8-7(9(13)14)3-5-18-8/h3,5H,4,6H2,1-2H3,(H,11,15)(H,13,14). The average Bonchev–Trinajstić information content (AvgIpc) is 2.72. The van der Waals surface area contributed by atoms with E-state index in [2.05, 4.69) is 5.32 Å². The number of hydrogen-bond donors (Lipinski definition) is 2. The Balaban J connectivity index is 2.64. The number of thiophene rings is 1. The molecule has 1 heterocycles. The summed E-state index contributed by atoms with van der Waals surface area (Å²) in [5, 5.41) is 13.1. The third-order valence-electron chi connectivity index (χ3n) is 2.26. The molecule has 0 aliphatic rings. The largest absolute Gasteiger partial charge is 0.478 e. The minimum atomic E-state index is -3.15. The summed E-state index contributed by atoms with van der Waals surface area (Å²) in [6.07, 6.45) is 1.08. The highest BCUT2D eigenvalue weighted by Crippen LogP contribution is 2.23. The monoisotopic (exact) mass is 306 g/mol. The summed E-state index contributed by atoms with van der Waals surface area (Å²) in [5.41, 5.74) is 0.00913. The van der Waals surface area contributed by atoms with Gasteiger partial charge >= 0.3 is 12.0 Å². The first-order valence-corrected chi connectivity index (χ1v) is 8.15. The number of nitrogens with zero attached hydrogens (tertiary/aromatic N) is 1. The van der Waals surface area contributed by atoms with Gasteiger partial charge in [0.2, 0.25) is 0 Å². The molecule has 0 atom stereocenters. The maximum absolute atomic E-state index is 11.7. The Bertz CT molecular complexity index is 578. The summed E-state index contributed by atoms with van der Waals surface area (Å²) in [6.45, 7) is 0.0401. The fourth-order valence-corrected chi connectivity index (χ4v) is 2.55. The van der Waals surface area contributed by atoms with Gasteiger partial charge in [-0.2, -0.15) is 0 Å². The maximum Gasteiger partial charge on any atom is 0.338 e. The minimum absolute atomic E-state index is 0.00913. The Morgan fingerprint density at radius 2 is 2.11 bits per heavy atom. The average molecular weight is 306 g/mol. The summed E-state index contributed by atoms with van der Waals surface area (Å²) in [4.78, 5) is 23.8. The minimum Gasteiger partial charge on any atom is -0.478 e. The van der Waals surface area contributed by atoms with E-state index < -0.39 is 21.8 Å². The predicted molar refractivity (Wildman–Crippen MR) is 72.6 cm³/mol. The molecule has 9 heteroatoms. The molecule has 0 aliphatic carbocycles. The van der Waals surface area contributed by atoms with Crippen molar-refractivity contribution in [3.63, 3.8) is 0 Å². The van der Waals surface area contributed by atoms with Crippen LogP contribution in [0.4, 0.5) is 9.80 Å². The highest BCUT2D eigenvalue weighted by Gasteiger charge is 2.16. The zero-order valence-corrected chi connectivity index (χ0v) is 12.0. The molecule has 0 aromatic carbocycles. The van der Waals surface area contributed by atoms with Gasteiger partial charge in [0.25, 0.3) is 0 Å². The molecule has 0 bridgehead atoms. The first kappa shape index (κ1) is 15.4. The molecule has 1 aromatic heterocycles. The third-order valence-corrected chi connectivity index (χ3v) is 4.01. The van der Waals surface area contributed by atoms with Gasteiger partial charge in [-0.3, -0.25) is 5.32 Å². The van der Waals surface area contributed by atoms with Crippen LogP contribution in [0.1, 0.15) is 10.4 Å². The number of carbonyl (C=O) groups excluding carboxylic acids is 1. The second-order valence-corrected chi connectivity index (χ2v) is 7.13. The molecule has 0 saturated heterocycles. The SMILES string of the molecule is CN(CCS(C)(=O)=O)C(=O)Nc1sccc1C(=O)O. The van der Waals surface area contributed by atoms with Gasteiger partial charge in [0, 0.05) is 19.8 Å². The van der Waals surface area contributed by atoms with Crippen molar-refractivity contribution in [3.8, 4) is 0 Å². The lowest BCUT2D eigenvalue weighted by Gasteiger charge is -2.16. The van der Waals surface area contributed by atoms with Crippen LogP contribution in [-0.2, 0) is 9.84 Å². The lowest BCUT2D eigenvalue weighted by molar-refractivity contribution is 0.0698. The summed E-state index contributed by atoms with van der Waals surface area (Å²) in [7, 11) is -1.71. The Kier molecular flexibility index (Phi) is 4.90. The van der Waals surface area contributed by atoms with Gasteiger partial charge in [0.05, 0.1) is 11.3 Å². The highest BCUT2D eigenvalue weighted by molar-refractivity contribution is 7.90. The molecular weight excluding hydrogens is 292 g/mol. The molecule has 0 spiro atoms. The van der Waals surface area contributed by atoms with Crippen molar-refractivity contribution in [2.75, 3.05) is 30.9 Å². The van der Waals surface area contributed by atoms with Crippen LogP contribution in [0.5, 0.6) is 0 Å². The van der Waals surface area contributed by atoms with Gasteiger partial charge in [0.1, 0.15) is 14.8 Å². The molecule has 1 rings (SSSR count). The van der Waals surface area contributed by atoms with E-state index >= 15 is 0 Å². The zero-order valence-electron chi connectivity index (χ0n) is 10.4. The quantitative estimate of drug-likeness (QED) is 0.843. The van der Waals surface area contributed by atoms with Gasteiger partial charge in [-0.1, -0.05) is 0 Å². The van der Waals surface area contributed by atoms with E-state index in [1.807, 2.05) is 0 Å². The van der Waals surface area contributed by atoms with Gasteiger partial charge in [-0.05, 0) is 11.4 Å². The molecule has 0 aliphatic heterocycles. The van der Waals surface area contributed by atoms with E-state index in [0.29, 0.717) is 0 Å². The van der Waals surface area contributed by atoms with E-state index in [1.165, 1.54) is 18.0 Å². The number of nitrogens with one attached hydrogen (secondary N) is 1. The first-order chi connectivity index (χ1) is 8.70. The van der Waals surface area contributed by atoms with Crippen LogP contribution < -0.4 is 5.32 Å². The topological polar surface area (TPSA) is 104 Å². The molecule has 0 radical (unpaired) electrons. The normalized spacial score (nSPS) is 11.1. The van der Waals surface area contributed by atoms with Gasteiger partial charge in [-0.15, -0.1) is 11.3 Å². The van der Waals surface area contributed by atoms with E-state index in [-0.39, 0.29) is 22.9 Å². The number of amides is 2. The van der Waals surface area contributed by atoms with E-state index in [0.717, 1.165) is 17.6 Å². The Morgan fingerprint density at radius 1 is 1.47 bits per heavy atom. The molecular formula is C10H14N2O5S2. The summed E-state index contributed by atoms with van der Waals surface area (Å²) in [6, 6.07) is 0.840. The van der Waals surface area contributed by atoms with Gasteiger partial charge in [-0.25, -0.2) is 18.0 Å². The van der Waals surface area contributed by atoms with Gasteiger partial charge in [0.15, 0.2) is 0 Å². The Hall–Kier alpha value is -1.61. The molecule has 2 N–H and O–H groups in total. The second kappa shape index (κ2) is 6.02. The van der Waals surface area contributed by atoms with Crippen LogP contribution in [0.15, 0.2) is 11.4 Å². The number of carboxylic acid groups (broad SMARTS) is 1. The lowest BCUT2D eigenvalue weighted by Crippen LogP contribution is -2.35. The molecule has 1 aromatic rings. The van der Waals surface area contributed by atoms with Crippen molar-refractivity contribution in [3.05, 3.63) is 17.0 Å². The fourth-order valence-electron chi connectivity index (χ4n) is 1.17. The predicted octanol–water partition coefficient (Wildman–Crippen LogP) is 0.955. The van der Waals surface area contributed by atoms with Crippen LogP contribution in [0, 0.1) is 0 Å². The molecule has 0 fully saturated rings. The van der Waals surface area contributed by atoms with Crippen LogP contribution in [0.2, 0.25) is 0 Å². The number of carbonyl (C=O) groups is 2. The molecule has 106 valence electrons. The van der Waals surface area contributed by atoms with Gasteiger partial charge < -0.3 is 10.0 Å².